The van der Waals surface area contributed by atoms with Crippen LogP contribution in [0, 0.1) is 0 Å². The van der Waals surface area contributed by atoms with Crippen molar-refractivity contribution in [3.63, 3.8) is 0 Å². The van der Waals surface area contributed by atoms with Gasteiger partial charge in [-0.1, -0.05) is 69.2 Å². The molecule has 6 nitrogen and oxygen atoms in total. The van der Waals surface area contributed by atoms with E-state index in [0.29, 0.717) is 42.7 Å². The van der Waals surface area contributed by atoms with Crippen LogP contribution in [0.3, 0.4) is 0 Å². The van der Waals surface area contributed by atoms with Gasteiger partial charge in [0.05, 0.1) is 22.4 Å². The average Bonchev–Trinajstić information content (AvgIpc) is 3.44. The molecule has 0 fully saturated rings. The van der Waals surface area contributed by atoms with Gasteiger partial charge in [-0.05, 0) is 49.7 Å². The van der Waals surface area contributed by atoms with Crippen LogP contribution in [-0.4, -0.2) is 17.1 Å². The Morgan fingerprint density at radius 3 is 2.67 bits per heavy atom. The first-order valence-electron chi connectivity index (χ1n) is 11.2. The largest absolute Gasteiger partial charge is 0.463 e. The molecule has 0 N–H and O–H groups in total. The van der Waals surface area contributed by atoms with Gasteiger partial charge in [0.25, 0.3) is 5.56 Å². The normalized spacial score (nSPS) is 15.6. The molecule has 2 aromatic heterocycles. The quantitative estimate of drug-likeness (QED) is 0.292. The molecule has 0 aliphatic carbocycles. The van der Waals surface area contributed by atoms with Gasteiger partial charge in [0.2, 0.25) is 0 Å². The molecule has 4 aromatic rings. The van der Waals surface area contributed by atoms with Crippen LogP contribution in [0.2, 0.25) is 5.02 Å². The highest BCUT2D eigenvalue weighted by atomic mass is 79.9. The van der Waals surface area contributed by atoms with Crippen LogP contribution in [0.25, 0.3) is 17.4 Å². The molecule has 182 valence electrons. The van der Waals surface area contributed by atoms with Gasteiger partial charge in [-0.3, -0.25) is 9.36 Å². The second-order valence-electron chi connectivity index (χ2n) is 8.03. The molecule has 0 saturated carbocycles. The Kier molecular flexibility index (Phi) is 6.83. The van der Waals surface area contributed by atoms with Crippen molar-refractivity contribution in [2.75, 3.05) is 6.61 Å². The summed E-state index contributed by atoms with van der Waals surface area (Å²) >= 11 is 11.2. The number of hydrogen-bond acceptors (Lipinski definition) is 6. The van der Waals surface area contributed by atoms with Gasteiger partial charge < -0.3 is 9.15 Å². The van der Waals surface area contributed by atoms with E-state index in [4.69, 9.17) is 20.8 Å². The van der Waals surface area contributed by atoms with Crippen LogP contribution in [0.5, 0.6) is 0 Å². The molecular weight excluding hydrogens is 564 g/mol. The third kappa shape index (κ3) is 4.52. The van der Waals surface area contributed by atoms with Crippen molar-refractivity contribution in [1.82, 2.24) is 4.57 Å². The maximum atomic E-state index is 13.7. The maximum absolute atomic E-state index is 13.7. The zero-order chi connectivity index (χ0) is 25.4. The number of hydrogen-bond donors (Lipinski definition) is 0. The number of ether oxygens (including phenoxy) is 1. The molecule has 2 aromatic carbocycles. The SMILES string of the molecule is CCOC(=O)C1=C(C)N=c2sc(=Cc3ccc(-c4ccc(Br)cc4)o3)c(=O)n2[C@@H]1c1ccccc1Cl. The Balaban J connectivity index is 1.65. The fourth-order valence-corrected chi connectivity index (χ4v) is 5.64. The van der Waals surface area contributed by atoms with Gasteiger partial charge in [-0.15, -0.1) is 0 Å². The van der Waals surface area contributed by atoms with Crippen molar-refractivity contribution >= 4 is 50.9 Å². The zero-order valence-corrected chi connectivity index (χ0v) is 22.5. The minimum absolute atomic E-state index is 0.203. The maximum Gasteiger partial charge on any atom is 0.338 e. The van der Waals surface area contributed by atoms with E-state index >= 15 is 0 Å². The number of nitrogens with zero attached hydrogens (tertiary/aromatic N) is 2. The van der Waals surface area contributed by atoms with Crippen LogP contribution < -0.4 is 14.9 Å². The van der Waals surface area contributed by atoms with Gasteiger partial charge in [-0.2, -0.15) is 0 Å². The van der Waals surface area contributed by atoms with Crippen molar-refractivity contribution < 1.29 is 13.9 Å². The summed E-state index contributed by atoms with van der Waals surface area (Å²) in [6, 6.07) is 17.9. The summed E-state index contributed by atoms with van der Waals surface area (Å²) in [6.07, 6.45) is 1.69. The minimum atomic E-state index is -0.758. The van der Waals surface area contributed by atoms with Crippen molar-refractivity contribution in [2.24, 2.45) is 4.99 Å². The molecule has 0 saturated heterocycles. The number of aromatic nitrogens is 1. The molecule has 3 heterocycles. The predicted octanol–water partition coefficient (Wildman–Crippen LogP) is 5.47. The number of esters is 1. The first-order chi connectivity index (χ1) is 17.4. The van der Waals surface area contributed by atoms with Gasteiger partial charge in [-0.25, -0.2) is 9.79 Å². The molecule has 0 spiro atoms. The van der Waals surface area contributed by atoms with Crippen molar-refractivity contribution in [3.05, 3.63) is 112 Å². The fraction of sp³-hybridized carbons (Fsp3) is 0.148. The van der Waals surface area contributed by atoms with Crippen molar-refractivity contribution in [3.8, 4) is 11.3 Å². The highest BCUT2D eigenvalue weighted by Gasteiger charge is 2.34. The molecule has 36 heavy (non-hydrogen) atoms. The summed E-state index contributed by atoms with van der Waals surface area (Å²) in [7, 11) is 0. The molecule has 0 bridgehead atoms. The summed E-state index contributed by atoms with van der Waals surface area (Å²) in [6.45, 7) is 3.68. The predicted molar refractivity (Wildman–Crippen MR) is 144 cm³/mol. The Labute approximate surface area is 224 Å². The van der Waals surface area contributed by atoms with Gasteiger partial charge in [0, 0.05) is 21.1 Å². The number of benzene rings is 2. The van der Waals surface area contributed by atoms with E-state index in [1.807, 2.05) is 42.5 Å². The Hall–Kier alpha value is -3.20. The lowest BCUT2D eigenvalue weighted by molar-refractivity contribution is -0.139. The van der Waals surface area contributed by atoms with Crippen LogP contribution in [0.15, 0.2) is 90.6 Å². The van der Waals surface area contributed by atoms with Crippen LogP contribution in [0.4, 0.5) is 0 Å². The number of fused-ring (bicyclic) bond motifs is 1. The van der Waals surface area contributed by atoms with Gasteiger partial charge in [0.1, 0.15) is 17.6 Å². The number of rotatable bonds is 5. The standard InChI is InChI=1S/C27H20BrClN2O4S/c1-3-34-26(33)23-15(2)30-27-31(24(23)19-6-4-5-7-20(19)29)25(32)22(36-27)14-18-12-13-21(35-18)16-8-10-17(28)11-9-16/h4-14,24H,3H2,1-2H3/t24-/m1/s1. The van der Waals surface area contributed by atoms with E-state index in [9.17, 15) is 9.59 Å². The molecule has 0 amide bonds. The highest BCUT2D eigenvalue weighted by Crippen LogP contribution is 2.34. The van der Waals surface area contributed by atoms with Crippen LogP contribution in [0.1, 0.15) is 31.2 Å². The topological polar surface area (TPSA) is 73.8 Å². The fourth-order valence-electron chi connectivity index (χ4n) is 4.11. The first kappa shape index (κ1) is 24.5. The second kappa shape index (κ2) is 10.0. The molecule has 5 rings (SSSR count). The number of carbonyl (C=O) groups excluding carboxylic acids is 1. The Morgan fingerprint density at radius 2 is 1.94 bits per heavy atom. The lowest BCUT2D eigenvalue weighted by atomic mass is 9.96. The number of thiazole rings is 1. The summed E-state index contributed by atoms with van der Waals surface area (Å²) in [4.78, 5) is 31.7. The first-order valence-corrected chi connectivity index (χ1v) is 13.2. The molecule has 1 atom stereocenters. The van der Waals surface area contributed by atoms with E-state index in [1.165, 1.54) is 15.9 Å². The average molecular weight is 584 g/mol. The molecule has 1 aliphatic rings. The van der Waals surface area contributed by atoms with E-state index < -0.39 is 12.0 Å². The zero-order valence-electron chi connectivity index (χ0n) is 19.3. The van der Waals surface area contributed by atoms with Crippen molar-refractivity contribution in [2.45, 2.75) is 19.9 Å². The smallest absolute Gasteiger partial charge is 0.338 e. The number of furan rings is 1. The number of halogens is 2. The summed E-state index contributed by atoms with van der Waals surface area (Å²) in [5.41, 5.74) is 2.04. The molecule has 0 unspecified atom stereocenters. The summed E-state index contributed by atoms with van der Waals surface area (Å²) < 4.78 is 14.2. The number of carbonyl (C=O) groups is 1. The van der Waals surface area contributed by atoms with Gasteiger partial charge >= 0.3 is 5.97 Å². The van der Waals surface area contributed by atoms with Crippen molar-refractivity contribution in [1.29, 1.82) is 0 Å². The van der Waals surface area contributed by atoms with E-state index in [1.54, 1.807) is 38.1 Å². The third-order valence-corrected chi connectivity index (χ3v) is 7.60. The highest BCUT2D eigenvalue weighted by molar-refractivity contribution is 9.10. The van der Waals surface area contributed by atoms with E-state index in [-0.39, 0.29) is 12.2 Å². The third-order valence-electron chi connectivity index (χ3n) is 5.75. The number of allylic oxidation sites excluding steroid dienone is 1. The van der Waals surface area contributed by atoms with E-state index in [2.05, 4.69) is 20.9 Å². The molecule has 1 aliphatic heterocycles. The van der Waals surface area contributed by atoms with E-state index in [0.717, 1.165) is 10.0 Å². The lowest BCUT2D eigenvalue weighted by Crippen LogP contribution is -2.40. The van der Waals surface area contributed by atoms with Crippen LogP contribution in [-0.2, 0) is 9.53 Å². The minimum Gasteiger partial charge on any atom is -0.463 e. The lowest BCUT2D eigenvalue weighted by Gasteiger charge is -2.25. The molecular formula is C27H20BrClN2O4S. The summed E-state index contributed by atoms with van der Waals surface area (Å²) in [5, 5.41) is 0.443. The van der Waals surface area contributed by atoms with Crippen LogP contribution >= 0.6 is 38.9 Å². The van der Waals surface area contributed by atoms with Gasteiger partial charge in [0.15, 0.2) is 4.80 Å². The molecule has 9 heteroatoms. The second-order valence-corrected chi connectivity index (χ2v) is 10.4. The summed E-state index contributed by atoms with van der Waals surface area (Å²) in [5.74, 6) is 0.702. The monoisotopic (exact) mass is 582 g/mol. The Morgan fingerprint density at radius 1 is 1.19 bits per heavy atom. The Bertz CT molecular complexity index is 1680. The molecule has 0 radical (unpaired) electrons.